The molecule has 0 radical (unpaired) electrons. The summed E-state index contributed by atoms with van der Waals surface area (Å²) in [6.45, 7) is 5.91. The number of aliphatic hydroxyl groups is 1. The van der Waals surface area contributed by atoms with Gasteiger partial charge in [-0.15, -0.1) is 0 Å². The SMILES string of the molecule is CCC(C)(CO)CNCCc1cccc(F)c1. The van der Waals surface area contributed by atoms with E-state index < -0.39 is 0 Å². The van der Waals surface area contributed by atoms with Crippen molar-refractivity contribution in [1.82, 2.24) is 5.32 Å². The lowest BCUT2D eigenvalue weighted by Gasteiger charge is -2.25. The molecular formula is C14H22FNO. The summed E-state index contributed by atoms with van der Waals surface area (Å²) in [4.78, 5) is 0. The van der Waals surface area contributed by atoms with Crippen LogP contribution < -0.4 is 5.32 Å². The number of rotatable bonds is 7. The summed E-state index contributed by atoms with van der Waals surface area (Å²) in [6.07, 6.45) is 1.75. The van der Waals surface area contributed by atoms with E-state index in [1.54, 1.807) is 12.1 Å². The van der Waals surface area contributed by atoms with Crippen LogP contribution in [0, 0.1) is 11.2 Å². The van der Waals surface area contributed by atoms with Crippen LogP contribution in [0.25, 0.3) is 0 Å². The third kappa shape index (κ3) is 4.84. The van der Waals surface area contributed by atoms with Crippen molar-refractivity contribution >= 4 is 0 Å². The molecule has 0 bridgehead atoms. The minimum atomic E-state index is -0.184. The molecule has 1 aromatic rings. The third-order valence-electron chi connectivity index (χ3n) is 3.27. The van der Waals surface area contributed by atoms with Gasteiger partial charge in [-0.3, -0.25) is 0 Å². The van der Waals surface area contributed by atoms with E-state index in [1.165, 1.54) is 6.07 Å². The normalized spacial score (nSPS) is 14.6. The molecule has 0 saturated carbocycles. The summed E-state index contributed by atoms with van der Waals surface area (Å²) in [5.41, 5.74) is 0.946. The molecule has 0 amide bonds. The van der Waals surface area contributed by atoms with Crippen LogP contribution in [0.15, 0.2) is 24.3 Å². The van der Waals surface area contributed by atoms with E-state index in [2.05, 4.69) is 19.2 Å². The van der Waals surface area contributed by atoms with Crippen LogP contribution in [0.3, 0.4) is 0 Å². The van der Waals surface area contributed by atoms with Gasteiger partial charge < -0.3 is 10.4 Å². The molecule has 2 nitrogen and oxygen atoms in total. The van der Waals surface area contributed by atoms with Crippen LogP contribution in [-0.4, -0.2) is 24.8 Å². The largest absolute Gasteiger partial charge is 0.396 e. The van der Waals surface area contributed by atoms with Gasteiger partial charge in [0.15, 0.2) is 0 Å². The predicted octanol–water partition coefficient (Wildman–Crippen LogP) is 2.37. The van der Waals surface area contributed by atoms with Crippen LogP contribution in [0.5, 0.6) is 0 Å². The van der Waals surface area contributed by atoms with E-state index in [1.807, 2.05) is 6.07 Å². The molecule has 0 spiro atoms. The minimum Gasteiger partial charge on any atom is -0.396 e. The summed E-state index contributed by atoms with van der Waals surface area (Å²) in [6, 6.07) is 6.67. The molecule has 1 atom stereocenters. The van der Waals surface area contributed by atoms with Gasteiger partial charge >= 0.3 is 0 Å². The van der Waals surface area contributed by atoms with Crippen molar-refractivity contribution in [2.45, 2.75) is 26.7 Å². The molecule has 3 heteroatoms. The predicted molar refractivity (Wildman–Crippen MR) is 68.5 cm³/mol. The molecule has 0 heterocycles. The summed E-state index contributed by atoms with van der Waals surface area (Å²) in [7, 11) is 0. The maximum atomic E-state index is 12.9. The molecule has 2 N–H and O–H groups in total. The van der Waals surface area contributed by atoms with Gasteiger partial charge in [-0.25, -0.2) is 4.39 Å². The summed E-state index contributed by atoms with van der Waals surface area (Å²) >= 11 is 0. The van der Waals surface area contributed by atoms with Crippen molar-refractivity contribution in [3.8, 4) is 0 Å². The molecule has 1 rings (SSSR count). The zero-order valence-electron chi connectivity index (χ0n) is 10.7. The van der Waals surface area contributed by atoms with Gasteiger partial charge in [0.05, 0.1) is 0 Å². The number of nitrogens with one attached hydrogen (secondary N) is 1. The highest BCUT2D eigenvalue weighted by atomic mass is 19.1. The fourth-order valence-electron chi connectivity index (χ4n) is 1.61. The molecule has 0 aromatic heterocycles. The van der Waals surface area contributed by atoms with Crippen LogP contribution in [0.2, 0.25) is 0 Å². The van der Waals surface area contributed by atoms with Gasteiger partial charge in [0.1, 0.15) is 5.82 Å². The first-order valence-corrected chi connectivity index (χ1v) is 6.16. The molecule has 1 unspecified atom stereocenters. The lowest BCUT2D eigenvalue weighted by Crippen LogP contribution is -2.35. The topological polar surface area (TPSA) is 32.3 Å². The number of hydrogen-bond donors (Lipinski definition) is 2. The van der Waals surface area contributed by atoms with E-state index >= 15 is 0 Å². The Morgan fingerprint density at radius 2 is 2.18 bits per heavy atom. The van der Waals surface area contributed by atoms with E-state index in [9.17, 15) is 9.50 Å². The average Bonchev–Trinajstić information content (AvgIpc) is 2.34. The van der Waals surface area contributed by atoms with Crippen LogP contribution in [0.1, 0.15) is 25.8 Å². The first-order valence-electron chi connectivity index (χ1n) is 6.16. The van der Waals surface area contributed by atoms with Crippen LogP contribution in [0.4, 0.5) is 4.39 Å². The van der Waals surface area contributed by atoms with Crippen molar-refractivity contribution in [3.05, 3.63) is 35.6 Å². The molecular weight excluding hydrogens is 217 g/mol. The number of hydrogen-bond acceptors (Lipinski definition) is 2. The van der Waals surface area contributed by atoms with Gasteiger partial charge in [-0.05, 0) is 37.1 Å². The maximum absolute atomic E-state index is 12.9. The van der Waals surface area contributed by atoms with Crippen molar-refractivity contribution < 1.29 is 9.50 Å². The fraction of sp³-hybridized carbons (Fsp3) is 0.571. The molecule has 0 saturated heterocycles. The lowest BCUT2D eigenvalue weighted by atomic mass is 9.88. The van der Waals surface area contributed by atoms with Crippen molar-refractivity contribution in [1.29, 1.82) is 0 Å². The molecule has 0 aliphatic carbocycles. The Morgan fingerprint density at radius 3 is 2.76 bits per heavy atom. The van der Waals surface area contributed by atoms with Crippen LogP contribution >= 0.6 is 0 Å². The first-order chi connectivity index (χ1) is 8.09. The Bertz CT molecular complexity index is 337. The standard InChI is InChI=1S/C14H22FNO/c1-3-14(2,11-17)10-16-8-7-12-5-4-6-13(15)9-12/h4-6,9,16-17H,3,7-8,10-11H2,1-2H3. The second-order valence-corrected chi connectivity index (χ2v) is 4.88. The van der Waals surface area contributed by atoms with Gasteiger partial charge in [0.25, 0.3) is 0 Å². The quantitative estimate of drug-likeness (QED) is 0.716. The maximum Gasteiger partial charge on any atom is 0.123 e. The van der Waals surface area contributed by atoms with Gasteiger partial charge in [0.2, 0.25) is 0 Å². The van der Waals surface area contributed by atoms with Crippen molar-refractivity contribution in [2.24, 2.45) is 5.41 Å². The second-order valence-electron chi connectivity index (χ2n) is 4.88. The van der Waals surface area contributed by atoms with E-state index in [4.69, 9.17) is 0 Å². The Hall–Kier alpha value is -0.930. The Morgan fingerprint density at radius 1 is 1.41 bits per heavy atom. The number of halogens is 1. The minimum absolute atomic E-state index is 0.0536. The Balaban J connectivity index is 2.29. The highest BCUT2D eigenvalue weighted by molar-refractivity contribution is 5.16. The molecule has 1 aromatic carbocycles. The Labute approximate surface area is 103 Å². The highest BCUT2D eigenvalue weighted by Crippen LogP contribution is 2.18. The monoisotopic (exact) mass is 239 g/mol. The van der Waals surface area contributed by atoms with Gasteiger partial charge in [0, 0.05) is 18.6 Å². The van der Waals surface area contributed by atoms with Gasteiger partial charge in [-0.1, -0.05) is 26.0 Å². The highest BCUT2D eigenvalue weighted by Gasteiger charge is 2.19. The molecule has 0 aliphatic heterocycles. The smallest absolute Gasteiger partial charge is 0.123 e. The van der Waals surface area contributed by atoms with Crippen molar-refractivity contribution in [2.75, 3.05) is 19.7 Å². The van der Waals surface area contributed by atoms with Gasteiger partial charge in [-0.2, -0.15) is 0 Å². The number of aliphatic hydroxyl groups excluding tert-OH is 1. The van der Waals surface area contributed by atoms with E-state index in [0.29, 0.717) is 0 Å². The molecule has 96 valence electrons. The second kappa shape index (κ2) is 6.72. The Kier molecular flexibility index (Phi) is 5.59. The fourth-order valence-corrected chi connectivity index (χ4v) is 1.61. The number of benzene rings is 1. The molecule has 17 heavy (non-hydrogen) atoms. The average molecular weight is 239 g/mol. The van der Waals surface area contributed by atoms with Crippen molar-refractivity contribution in [3.63, 3.8) is 0 Å². The summed E-state index contributed by atoms with van der Waals surface area (Å²) < 4.78 is 12.9. The molecule has 0 fully saturated rings. The van der Waals surface area contributed by atoms with Crippen LogP contribution in [-0.2, 0) is 6.42 Å². The first kappa shape index (κ1) is 14.1. The zero-order chi connectivity index (χ0) is 12.7. The lowest BCUT2D eigenvalue weighted by molar-refractivity contribution is 0.136. The zero-order valence-corrected chi connectivity index (χ0v) is 10.7. The van der Waals surface area contributed by atoms with E-state index in [0.717, 1.165) is 31.5 Å². The molecule has 0 aliphatic rings. The third-order valence-corrected chi connectivity index (χ3v) is 3.27. The van der Waals surface area contributed by atoms with E-state index in [-0.39, 0.29) is 17.8 Å². The summed E-state index contributed by atoms with van der Waals surface area (Å²) in [5.74, 6) is -0.184. The summed E-state index contributed by atoms with van der Waals surface area (Å²) in [5, 5.41) is 12.6.